The molecular formula is C32H30NO4PS. The van der Waals surface area contributed by atoms with E-state index >= 15 is 4.57 Å². The molecule has 2 atom stereocenters. The summed E-state index contributed by atoms with van der Waals surface area (Å²) in [7, 11) is -7.77. The summed E-state index contributed by atoms with van der Waals surface area (Å²) in [4.78, 5) is 0.105. The van der Waals surface area contributed by atoms with Gasteiger partial charge in [-0.3, -0.25) is 4.57 Å². The van der Waals surface area contributed by atoms with Crippen LogP contribution >= 0.6 is 7.37 Å². The normalized spacial score (nSPS) is 14.1. The predicted octanol–water partition coefficient (Wildman–Crippen LogP) is 7.82. The molecule has 0 aromatic heterocycles. The monoisotopic (exact) mass is 555 g/mol. The first kappa shape index (κ1) is 27.0. The van der Waals surface area contributed by atoms with Crippen molar-refractivity contribution < 1.29 is 17.5 Å². The van der Waals surface area contributed by atoms with Crippen LogP contribution in [0.15, 0.2) is 132 Å². The van der Waals surface area contributed by atoms with Crippen LogP contribution in [0.4, 0.5) is 0 Å². The zero-order chi connectivity index (χ0) is 27.3. The van der Waals surface area contributed by atoms with Gasteiger partial charge in [-0.1, -0.05) is 115 Å². The first-order valence-electron chi connectivity index (χ1n) is 12.7. The van der Waals surface area contributed by atoms with Gasteiger partial charge in [-0.2, -0.15) is 4.72 Å². The Hall–Kier alpha value is -3.54. The maximum absolute atomic E-state index is 15.0. The molecule has 0 fully saturated rings. The molecule has 0 aliphatic carbocycles. The van der Waals surface area contributed by atoms with Gasteiger partial charge >= 0.3 is 0 Å². The molecule has 0 heterocycles. The van der Waals surface area contributed by atoms with Gasteiger partial charge in [0.2, 0.25) is 17.4 Å². The number of aryl methyl sites for hydroxylation is 1. The first-order chi connectivity index (χ1) is 18.8. The van der Waals surface area contributed by atoms with E-state index in [0.717, 1.165) is 27.5 Å². The van der Waals surface area contributed by atoms with E-state index in [4.69, 9.17) is 4.52 Å². The summed E-state index contributed by atoms with van der Waals surface area (Å²) >= 11 is 0. The van der Waals surface area contributed by atoms with E-state index < -0.39 is 23.2 Å². The summed E-state index contributed by atoms with van der Waals surface area (Å²) in [6.07, 6.45) is 0.0641. The molecule has 39 heavy (non-hydrogen) atoms. The largest absolute Gasteiger partial charge is 0.322 e. The minimum Gasteiger partial charge on any atom is -0.322 e. The zero-order valence-electron chi connectivity index (χ0n) is 21.6. The molecule has 5 aromatic rings. The maximum Gasteiger partial charge on any atom is 0.241 e. The Morgan fingerprint density at radius 2 is 1.31 bits per heavy atom. The van der Waals surface area contributed by atoms with E-state index in [2.05, 4.69) is 4.72 Å². The van der Waals surface area contributed by atoms with Gasteiger partial charge in [-0.25, -0.2) is 8.42 Å². The van der Waals surface area contributed by atoms with E-state index in [9.17, 15) is 8.42 Å². The lowest BCUT2D eigenvalue weighted by atomic mass is 10.1. The van der Waals surface area contributed by atoms with E-state index in [1.807, 2.05) is 110 Å². The van der Waals surface area contributed by atoms with Crippen molar-refractivity contribution in [2.75, 3.05) is 0 Å². The Balaban J connectivity index is 1.62. The van der Waals surface area contributed by atoms with E-state index in [1.165, 1.54) is 0 Å². The summed E-state index contributed by atoms with van der Waals surface area (Å²) in [5.41, 5.74) is 3.18. The van der Waals surface area contributed by atoms with Crippen molar-refractivity contribution in [3.63, 3.8) is 0 Å². The highest BCUT2D eigenvalue weighted by Crippen LogP contribution is 2.62. The number of nitrogens with one attached hydrogen (secondary N) is 1. The first-order valence-corrected chi connectivity index (χ1v) is 16.1. The lowest BCUT2D eigenvalue weighted by molar-refractivity contribution is 0.293. The quantitative estimate of drug-likeness (QED) is 0.178. The van der Waals surface area contributed by atoms with E-state index in [-0.39, 0.29) is 17.7 Å². The van der Waals surface area contributed by atoms with Crippen LogP contribution in [0.3, 0.4) is 0 Å². The average molecular weight is 556 g/mol. The van der Waals surface area contributed by atoms with E-state index in [1.54, 1.807) is 24.3 Å². The predicted molar refractivity (Wildman–Crippen MR) is 157 cm³/mol. The maximum atomic E-state index is 15.0. The van der Waals surface area contributed by atoms with Crippen molar-refractivity contribution in [1.82, 2.24) is 4.72 Å². The van der Waals surface area contributed by atoms with Crippen molar-refractivity contribution in [1.29, 1.82) is 0 Å². The molecule has 0 aliphatic rings. The topological polar surface area (TPSA) is 72.5 Å². The molecule has 0 aliphatic heterocycles. The van der Waals surface area contributed by atoms with Crippen molar-refractivity contribution in [3.05, 3.63) is 150 Å². The smallest absolute Gasteiger partial charge is 0.241 e. The summed E-state index contributed by atoms with van der Waals surface area (Å²) in [5, 5.41) is 1.92. The third kappa shape index (κ3) is 6.55. The van der Waals surface area contributed by atoms with Gasteiger partial charge in [0.15, 0.2) is 0 Å². The van der Waals surface area contributed by atoms with Crippen molar-refractivity contribution in [2.45, 2.75) is 30.4 Å². The Labute approximate surface area is 230 Å². The van der Waals surface area contributed by atoms with Gasteiger partial charge < -0.3 is 4.52 Å². The van der Waals surface area contributed by atoms with Crippen molar-refractivity contribution >= 4 is 28.2 Å². The van der Waals surface area contributed by atoms with Crippen molar-refractivity contribution in [3.8, 4) is 0 Å². The fraction of sp³-hybridized carbons (Fsp3) is 0.125. The molecule has 7 heteroatoms. The summed E-state index contributed by atoms with van der Waals surface area (Å²) in [6, 6.07) is 38.9. The van der Waals surface area contributed by atoms with Gasteiger partial charge in [-0.05, 0) is 52.6 Å². The van der Waals surface area contributed by atoms with Gasteiger partial charge in [-0.15, -0.1) is 0 Å². The molecule has 0 saturated heterocycles. The minimum atomic E-state index is -4.04. The Bertz CT molecular complexity index is 1710. The van der Waals surface area contributed by atoms with Crippen LogP contribution < -0.4 is 4.72 Å². The van der Waals surface area contributed by atoms with Crippen LogP contribution in [-0.4, -0.2) is 8.42 Å². The summed E-state index contributed by atoms with van der Waals surface area (Å²) < 4.78 is 51.4. The van der Waals surface area contributed by atoms with Crippen LogP contribution in [-0.2, 0) is 31.9 Å². The number of benzene rings is 5. The highest BCUT2D eigenvalue weighted by atomic mass is 32.2. The third-order valence-electron chi connectivity index (χ3n) is 6.62. The molecule has 0 unspecified atom stereocenters. The molecule has 5 nitrogen and oxygen atoms in total. The Morgan fingerprint density at radius 3 is 1.97 bits per heavy atom. The molecule has 5 rings (SSSR count). The second kappa shape index (κ2) is 11.7. The van der Waals surface area contributed by atoms with Crippen LogP contribution in [0.1, 0.15) is 28.0 Å². The molecule has 0 saturated carbocycles. The fourth-order valence-electron chi connectivity index (χ4n) is 4.49. The highest BCUT2D eigenvalue weighted by Gasteiger charge is 2.39. The molecule has 198 valence electrons. The highest BCUT2D eigenvalue weighted by molar-refractivity contribution is 7.89. The van der Waals surface area contributed by atoms with Gasteiger partial charge in [0.25, 0.3) is 0 Å². The molecular weight excluding hydrogens is 525 g/mol. The molecule has 0 amide bonds. The van der Waals surface area contributed by atoms with Crippen LogP contribution in [0.5, 0.6) is 0 Å². The summed E-state index contributed by atoms with van der Waals surface area (Å²) in [5.74, 6) is -1.11. The average Bonchev–Trinajstić information content (AvgIpc) is 2.96. The SMILES string of the molecule is Cc1ccc(S(=O)(=O)N[C@@H](c2ccc3ccccc3c2)[P@](=O)(Cc2ccccc2)OCc2ccccc2)cc1. The van der Waals surface area contributed by atoms with Crippen LogP contribution in [0.25, 0.3) is 10.8 Å². The lowest BCUT2D eigenvalue weighted by Gasteiger charge is -2.29. The molecule has 0 radical (unpaired) electrons. The minimum absolute atomic E-state index is 0.0641. The molecule has 0 bridgehead atoms. The van der Waals surface area contributed by atoms with Crippen molar-refractivity contribution in [2.24, 2.45) is 0 Å². The van der Waals surface area contributed by atoms with Crippen LogP contribution in [0.2, 0.25) is 0 Å². The van der Waals surface area contributed by atoms with Gasteiger partial charge in [0.1, 0.15) is 5.78 Å². The Morgan fingerprint density at radius 1 is 0.718 bits per heavy atom. The number of sulfonamides is 1. The van der Waals surface area contributed by atoms with Crippen LogP contribution in [0, 0.1) is 6.92 Å². The standard InChI is InChI=1S/C32H30NO4PS/c1-25-16-20-31(21-17-25)39(35,36)33-32(30-19-18-28-14-8-9-15-29(28)22-30)38(34,24-27-12-6-3-7-13-27)37-23-26-10-4-2-5-11-26/h2-22,32-33H,23-24H2,1H3/t32-,38+/m1/s1. The zero-order valence-corrected chi connectivity index (χ0v) is 23.3. The second-order valence-corrected chi connectivity index (χ2v) is 13.8. The molecule has 5 aromatic carbocycles. The molecule has 1 N–H and O–H groups in total. The molecule has 0 spiro atoms. The number of hydrogen-bond acceptors (Lipinski definition) is 4. The lowest BCUT2D eigenvalue weighted by Crippen LogP contribution is -2.30. The summed E-state index contributed by atoms with van der Waals surface area (Å²) in [6.45, 7) is 1.98. The Kier molecular flexibility index (Phi) is 8.10. The number of fused-ring (bicyclic) bond motifs is 1. The van der Waals surface area contributed by atoms with Gasteiger partial charge in [0, 0.05) is 0 Å². The fourth-order valence-corrected chi connectivity index (χ4v) is 8.74. The van der Waals surface area contributed by atoms with E-state index in [0.29, 0.717) is 5.56 Å². The third-order valence-corrected chi connectivity index (χ3v) is 10.8. The second-order valence-electron chi connectivity index (χ2n) is 9.57. The van der Waals surface area contributed by atoms with Gasteiger partial charge in [0.05, 0.1) is 17.7 Å². The number of hydrogen-bond donors (Lipinski definition) is 1. The number of rotatable bonds is 10.